The van der Waals surface area contributed by atoms with Crippen molar-refractivity contribution in [3.8, 4) is 0 Å². The van der Waals surface area contributed by atoms with E-state index < -0.39 is 5.54 Å². The molecule has 0 fully saturated rings. The van der Waals surface area contributed by atoms with E-state index in [0.29, 0.717) is 23.2 Å². The van der Waals surface area contributed by atoms with Crippen LogP contribution in [0, 0.1) is 12.7 Å². The van der Waals surface area contributed by atoms with Gasteiger partial charge in [-0.3, -0.25) is 4.79 Å². The molecule has 0 bridgehead atoms. The van der Waals surface area contributed by atoms with Gasteiger partial charge in [-0.1, -0.05) is 18.2 Å². The van der Waals surface area contributed by atoms with E-state index in [1.807, 2.05) is 50.7 Å². The molecule has 3 aromatic rings. The Kier molecular flexibility index (Phi) is 4.33. The zero-order valence-electron chi connectivity index (χ0n) is 14.9. The fraction of sp³-hybridized carbons (Fsp3) is 0.300. The molecule has 3 rings (SSSR count). The maximum Gasteiger partial charge on any atom is 0.253 e. The van der Waals surface area contributed by atoms with Gasteiger partial charge in [0.15, 0.2) is 0 Å². The molecule has 0 saturated heterocycles. The number of pyridine rings is 1. The first-order valence-corrected chi connectivity index (χ1v) is 8.25. The standard InChI is InChI=1S/C20H22FN3O/c1-13-16(11-14-9-10-24(4)18(14)22-13)19(25)23-20(2,3)12-15-7-5-6-8-17(15)21/h5-11H,12H2,1-4H3,(H,23,25). The number of hydrogen-bond acceptors (Lipinski definition) is 2. The molecule has 4 nitrogen and oxygen atoms in total. The second kappa shape index (κ2) is 6.31. The predicted molar refractivity (Wildman–Crippen MR) is 97.1 cm³/mol. The minimum atomic E-state index is -0.586. The summed E-state index contributed by atoms with van der Waals surface area (Å²) in [6.45, 7) is 5.60. The highest BCUT2D eigenvalue weighted by Gasteiger charge is 2.24. The normalized spacial score (nSPS) is 11.7. The van der Waals surface area contributed by atoms with Gasteiger partial charge in [0.25, 0.3) is 5.91 Å². The van der Waals surface area contributed by atoms with Crippen LogP contribution in [-0.2, 0) is 13.5 Å². The van der Waals surface area contributed by atoms with Crippen molar-refractivity contribution in [2.45, 2.75) is 32.7 Å². The van der Waals surface area contributed by atoms with Crippen LogP contribution in [0.3, 0.4) is 0 Å². The number of halogens is 1. The lowest BCUT2D eigenvalue weighted by Crippen LogP contribution is -2.45. The third-order valence-corrected chi connectivity index (χ3v) is 4.32. The summed E-state index contributed by atoms with van der Waals surface area (Å²) in [7, 11) is 1.92. The van der Waals surface area contributed by atoms with Gasteiger partial charge in [0.05, 0.1) is 11.3 Å². The maximum absolute atomic E-state index is 13.9. The molecule has 25 heavy (non-hydrogen) atoms. The smallest absolute Gasteiger partial charge is 0.253 e. The van der Waals surface area contributed by atoms with Gasteiger partial charge in [-0.2, -0.15) is 0 Å². The molecule has 0 aliphatic rings. The molecule has 0 spiro atoms. The Hall–Kier alpha value is -2.69. The number of carbonyl (C=O) groups excluding carboxylic acids is 1. The zero-order valence-corrected chi connectivity index (χ0v) is 14.9. The summed E-state index contributed by atoms with van der Waals surface area (Å²) >= 11 is 0. The van der Waals surface area contributed by atoms with Crippen LogP contribution in [0.4, 0.5) is 4.39 Å². The molecular weight excluding hydrogens is 317 g/mol. The van der Waals surface area contributed by atoms with Gasteiger partial charge in [0.1, 0.15) is 11.5 Å². The summed E-state index contributed by atoms with van der Waals surface area (Å²) in [6.07, 6.45) is 2.33. The van der Waals surface area contributed by atoms with E-state index in [0.717, 1.165) is 11.0 Å². The first-order chi connectivity index (χ1) is 11.8. The lowest BCUT2D eigenvalue weighted by Gasteiger charge is -2.27. The first-order valence-electron chi connectivity index (χ1n) is 8.25. The molecule has 1 amide bonds. The monoisotopic (exact) mass is 339 g/mol. The summed E-state index contributed by atoms with van der Waals surface area (Å²) in [6, 6.07) is 10.4. The molecule has 0 aliphatic heterocycles. The molecular formula is C20H22FN3O. The van der Waals surface area contributed by atoms with Crippen molar-refractivity contribution in [1.82, 2.24) is 14.9 Å². The van der Waals surface area contributed by atoms with E-state index in [1.54, 1.807) is 18.2 Å². The number of aryl methyl sites for hydroxylation is 2. The highest BCUT2D eigenvalue weighted by Crippen LogP contribution is 2.20. The van der Waals surface area contributed by atoms with Crippen molar-refractivity contribution in [1.29, 1.82) is 0 Å². The van der Waals surface area contributed by atoms with E-state index in [1.165, 1.54) is 6.07 Å². The Morgan fingerprint density at radius 1 is 1.28 bits per heavy atom. The topological polar surface area (TPSA) is 46.9 Å². The Bertz CT molecular complexity index is 943. The second-order valence-electron chi connectivity index (χ2n) is 7.07. The van der Waals surface area contributed by atoms with Gasteiger partial charge in [-0.05, 0) is 51.0 Å². The average Bonchev–Trinajstić information content (AvgIpc) is 2.89. The summed E-state index contributed by atoms with van der Waals surface area (Å²) in [5.74, 6) is -0.453. The van der Waals surface area contributed by atoms with Gasteiger partial charge in [0.2, 0.25) is 0 Å². The number of carbonyl (C=O) groups is 1. The predicted octanol–water partition coefficient (Wildman–Crippen LogP) is 3.77. The molecule has 0 saturated carbocycles. The third kappa shape index (κ3) is 3.55. The van der Waals surface area contributed by atoms with E-state index in [9.17, 15) is 9.18 Å². The van der Waals surface area contributed by atoms with Gasteiger partial charge >= 0.3 is 0 Å². The number of amides is 1. The number of hydrogen-bond donors (Lipinski definition) is 1. The SMILES string of the molecule is Cc1nc2c(ccn2C)cc1C(=O)NC(C)(C)Cc1ccccc1F. The first kappa shape index (κ1) is 17.1. The number of nitrogens with zero attached hydrogens (tertiary/aromatic N) is 2. The largest absolute Gasteiger partial charge is 0.347 e. The Morgan fingerprint density at radius 2 is 2.00 bits per heavy atom. The van der Waals surface area contributed by atoms with E-state index >= 15 is 0 Å². The number of rotatable bonds is 4. The third-order valence-electron chi connectivity index (χ3n) is 4.32. The van der Waals surface area contributed by atoms with E-state index in [2.05, 4.69) is 10.3 Å². The molecule has 0 radical (unpaired) electrons. The van der Waals surface area contributed by atoms with Crippen LogP contribution in [0.1, 0.15) is 35.5 Å². The van der Waals surface area contributed by atoms with E-state index in [-0.39, 0.29) is 11.7 Å². The Balaban J connectivity index is 1.83. The van der Waals surface area contributed by atoms with Crippen molar-refractivity contribution in [3.63, 3.8) is 0 Å². The van der Waals surface area contributed by atoms with Gasteiger partial charge in [-0.15, -0.1) is 0 Å². The molecule has 2 heterocycles. The molecule has 1 N–H and O–H groups in total. The molecule has 2 aromatic heterocycles. The van der Waals surface area contributed by atoms with Crippen LogP contribution in [-0.4, -0.2) is 21.0 Å². The molecule has 0 aliphatic carbocycles. The highest BCUT2D eigenvalue weighted by molar-refractivity contribution is 5.98. The lowest BCUT2D eigenvalue weighted by molar-refractivity contribution is 0.0911. The summed E-state index contributed by atoms with van der Waals surface area (Å²) in [5, 5.41) is 3.93. The van der Waals surface area contributed by atoms with Crippen molar-refractivity contribution >= 4 is 16.9 Å². The van der Waals surface area contributed by atoms with Gasteiger partial charge in [-0.25, -0.2) is 9.37 Å². The molecule has 0 unspecified atom stereocenters. The lowest BCUT2D eigenvalue weighted by atomic mass is 9.94. The molecule has 0 atom stereocenters. The van der Waals surface area contributed by atoms with E-state index in [4.69, 9.17) is 0 Å². The van der Waals surface area contributed by atoms with Crippen molar-refractivity contribution < 1.29 is 9.18 Å². The number of fused-ring (bicyclic) bond motifs is 1. The van der Waals surface area contributed by atoms with Crippen molar-refractivity contribution in [2.24, 2.45) is 7.05 Å². The number of nitrogens with one attached hydrogen (secondary N) is 1. The summed E-state index contributed by atoms with van der Waals surface area (Å²) < 4.78 is 15.8. The quantitative estimate of drug-likeness (QED) is 0.786. The van der Waals surface area contributed by atoms with Crippen LogP contribution in [0.15, 0.2) is 42.6 Å². The minimum Gasteiger partial charge on any atom is -0.347 e. The molecule has 130 valence electrons. The molecule has 1 aromatic carbocycles. The van der Waals surface area contributed by atoms with Crippen LogP contribution in [0.25, 0.3) is 11.0 Å². The van der Waals surface area contributed by atoms with Crippen LogP contribution in [0.5, 0.6) is 0 Å². The number of aromatic nitrogens is 2. The summed E-state index contributed by atoms with van der Waals surface area (Å²) in [5.41, 5.74) is 2.06. The summed E-state index contributed by atoms with van der Waals surface area (Å²) in [4.78, 5) is 17.3. The molecule has 5 heteroatoms. The van der Waals surface area contributed by atoms with Gasteiger partial charge < -0.3 is 9.88 Å². The van der Waals surface area contributed by atoms with Crippen molar-refractivity contribution in [2.75, 3.05) is 0 Å². The highest BCUT2D eigenvalue weighted by atomic mass is 19.1. The second-order valence-corrected chi connectivity index (χ2v) is 7.07. The fourth-order valence-electron chi connectivity index (χ4n) is 3.04. The van der Waals surface area contributed by atoms with Crippen LogP contribution < -0.4 is 5.32 Å². The minimum absolute atomic E-state index is 0.197. The van der Waals surface area contributed by atoms with Crippen LogP contribution >= 0.6 is 0 Å². The van der Waals surface area contributed by atoms with Crippen molar-refractivity contribution in [3.05, 3.63) is 65.2 Å². The van der Waals surface area contributed by atoms with Gasteiger partial charge in [0, 0.05) is 24.2 Å². The maximum atomic E-state index is 13.9. The van der Waals surface area contributed by atoms with Crippen LogP contribution in [0.2, 0.25) is 0 Å². The Morgan fingerprint density at radius 3 is 2.72 bits per heavy atom. The Labute approximate surface area is 146 Å². The zero-order chi connectivity index (χ0) is 18.2. The average molecular weight is 339 g/mol. The fourth-order valence-corrected chi connectivity index (χ4v) is 3.04. The number of benzene rings is 1.